The van der Waals surface area contributed by atoms with Crippen LogP contribution in [0.1, 0.15) is 69.9 Å². The number of nitrogens with one attached hydrogen (secondary N) is 2. The molecule has 7 heteroatoms. The number of rotatable bonds is 0. The van der Waals surface area contributed by atoms with Crippen molar-refractivity contribution >= 4 is 28.8 Å². The molecule has 33 heavy (non-hydrogen) atoms. The van der Waals surface area contributed by atoms with Crippen LogP contribution in [-0.4, -0.2) is 50.0 Å². The van der Waals surface area contributed by atoms with Crippen molar-refractivity contribution in [3.63, 3.8) is 0 Å². The number of aliphatic hydroxyl groups is 1. The van der Waals surface area contributed by atoms with E-state index in [0.717, 1.165) is 39.9 Å². The highest BCUT2D eigenvalue weighted by Crippen LogP contribution is 2.62. The molecule has 4 fully saturated rings. The van der Waals surface area contributed by atoms with Crippen LogP contribution in [0.2, 0.25) is 0 Å². The number of ether oxygens (including phenoxy) is 1. The predicted molar refractivity (Wildman–Crippen MR) is 123 cm³/mol. The van der Waals surface area contributed by atoms with E-state index in [9.17, 15) is 14.7 Å². The van der Waals surface area contributed by atoms with Crippen LogP contribution < -0.4 is 10.1 Å². The summed E-state index contributed by atoms with van der Waals surface area (Å²) in [5.74, 6) is 0.354. The number of aromatic nitrogens is 1. The molecular weight excluding hydrogens is 418 g/mol. The van der Waals surface area contributed by atoms with Crippen molar-refractivity contribution in [2.45, 2.75) is 75.2 Å². The van der Waals surface area contributed by atoms with Gasteiger partial charge in [0.1, 0.15) is 23.0 Å². The molecule has 2 bridgehead atoms. The lowest BCUT2D eigenvalue weighted by Crippen LogP contribution is -2.85. The van der Waals surface area contributed by atoms with Gasteiger partial charge in [0.15, 0.2) is 5.54 Å². The van der Waals surface area contributed by atoms with E-state index in [2.05, 4.69) is 30.2 Å². The normalized spacial score (nSPS) is 36.7. The van der Waals surface area contributed by atoms with Crippen LogP contribution in [0, 0.1) is 5.92 Å². The summed E-state index contributed by atoms with van der Waals surface area (Å²) in [7, 11) is 0. The Morgan fingerprint density at radius 2 is 1.97 bits per heavy atom. The van der Waals surface area contributed by atoms with Crippen molar-refractivity contribution in [2.75, 3.05) is 6.54 Å². The molecule has 0 radical (unpaired) electrons. The van der Waals surface area contributed by atoms with Gasteiger partial charge < -0.3 is 25.0 Å². The number of piperazine rings is 1. The fourth-order valence-electron chi connectivity index (χ4n) is 7.57. The summed E-state index contributed by atoms with van der Waals surface area (Å²) in [4.78, 5) is 32.7. The number of amides is 2. The minimum atomic E-state index is -1.33. The van der Waals surface area contributed by atoms with Crippen LogP contribution in [-0.2, 0) is 15.0 Å². The molecule has 2 amide bonds. The number of piperidine rings is 2. The molecule has 5 aliphatic heterocycles. The molecule has 3 N–H and O–H groups in total. The smallest absolute Gasteiger partial charge is 0.252 e. The largest absolute Gasteiger partial charge is 0.483 e. The summed E-state index contributed by atoms with van der Waals surface area (Å²) in [6, 6.07) is 3.90. The molecule has 0 saturated carbocycles. The molecule has 4 unspecified atom stereocenters. The lowest BCUT2D eigenvalue weighted by Gasteiger charge is -2.65. The summed E-state index contributed by atoms with van der Waals surface area (Å²) >= 11 is 0. The Bertz CT molecular complexity index is 1320. The summed E-state index contributed by atoms with van der Waals surface area (Å²) in [6.07, 6.45) is 5.07. The van der Waals surface area contributed by atoms with Gasteiger partial charge in [-0.3, -0.25) is 9.59 Å². The van der Waals surface area contributed by atoms with Gasteiger partial charge in [0.25, 0.3) is 5.91 Å². The number of benzene rings is 1. The summed E-state index contributed by atoms with van der Waals surface area (Å²) in [5, 5.41) is 15.9. The van der Waals surface area contributed by atoms with Gasteiger partial charge >= 0.3 is 0 Å². The minimum absolute atomic E-state index is 0.107. The highest BCUT2D eigenvalue weighted by molar-refractivity contribution is 6.07. The number of aliphatic hydroxyl groups excluding tert-OH is 1. The molecule has 8 rings (SSSR count). The van der Waals surface area contributed by atoms with Gasteiger partial charge in [-0.25, -0.2) is 0 Å². The first-order valence-corrected chi connectivity index (χ1v) is 11.9. The maximum absolute atomic E-state index is 13.9. The highest BCUT2D eigenvalue weighted by Gasteiger charge is 2.75. The highest BCUT2D eigenvalue weighted by atomic mass is 16.5. The van der Waals surface area contributed by atoms with Crippen molar-refractivity contribution in [3.8, 4) is 5.75 Å². The second-order valence-corrected chi connectivity index (χ2v) is 11.6. The zero-order valence-electron chi connectivity index (χ0n) is 19.4. The quantitative estimate of drug-likeness (QED) is 0.579. The van der Waals surface area contributed by atoms with E-state index in [-0.39, 0.29) is 23.3 Å². The predicted octanol–water partition coefficient (Wildman–Crippen LogP) is 2.93. The molecule has 4 atom stereocenters. The van der Waals surface area contributed by atoms with E-state index in [1.54, 1.807) is 4.90 Å². The first-order valence-electron chi connectivity index (χ1n) is 11.9. The third kappa shape index (κ3) is 1.99. The number of hydrogen-bond acceptors (Lipinski definition) is 4. The Morgan fingerprint density at radius 3 is 2.76 bits per heavy atom. The Kier molecular flexibility index (Phi) is 3.25. The second-order valence-electron chi connectivity index (χ2n) is 11.6. The number of carbonyl (C=O) groups excluding carboxylic acids is 2. The van der Waals surface area contributed by atoms with Gasteiger partial charge in [-0.05, 0) is 57.4 Å². The molecule has 7 nitrogen and oxygen atoms in total. The van der Waals surface area contributed by atoms with Crippen molar-refractivity contribution in [3.05, 3.63) is 35.0 Å². The van der Waals surface area contributed by atoms with E-state index in [0.29, 0.717) is 19.4 Å². The molecule has 1 aromatic heterocycles. The van der Waals surface area contributed by atoms with Crippen LogP contribution in [0.5, 0.6) is 5.75 Å². The topological polar surface area (TPSA) is 94.7 Å². The summed E-state index contributed by atoms with van der Waals surface area (Å²) < 4.78 is 6.17. The average Bonchev–Trinajstić information content (AvgIpc) is 3.36. The maximum atomic E-state index is 13.9. The number of nitrogens with zero attached hydrogens (tertiary/aromatic N) is 1. The van der Waals surface area contributed by atoms with Gasteiger partial charge in [0.2, 0.25) is 5.91 Å². The Hall–Kier alpha value is -2.80. The van der Waals surface area contributed by atoms with Crippen molar-refractivity contribution < 1.29 is 19.4 Å². The molecule has 1 aliphatic carbocycles. The minimum Gasteiger partial charge on any atom is -0.483 e. The van der Waals surface area contributed by atoms with Crippen LogP contribution >= 0.6 is 0 Å². The van der Waals surface area contributed by atoms with Crippen LogP contribution in [0.4, 0.5) is 0 Å². The van der Waals surface area contributed by atoms with E-state index < -0.39 is 22.6 Å². The molecule has 172 valence electrons. The first-order chi connectivity index (χ1) is 15.5. The summed E-state index contributed by atoms with van der Waals surface area (Å²) in [6.45, 7) is 8.89. The summed E-state index contributed by atoms with van der Waals surface area (Å²) in [5.41, 5.74) is 0.564. The van der Waals surface area contributed by atoms with Crippen molar-refractivity contribution in [1.29, 1.82) is 0 Å². The van der Waals surface area contributed by atoms with E-state index in [4.69, 9.17) is 4.74 Å². The third-order valence-electron chi connectivity index (χ3n) is 9.18. The zero-order chi connectivity index (χ0) is 23.1. The number of hydrogen-bond donors (Lipinski definition) is 3. The van der Waals surface area contributed by atoms with Gasteiger partial charge in [-0.2, -0.15) is 0 Å². The monoisotopic (exact) mass is 447 g/mol. The van der Waals surface area contributed by atoms with Crippen LogP contribution in [0.3, 0.4) is 0 Å². The molecule has 1 aromatic carbocycles. The van der Waals surface area contributed by atoms with Crippen LogP contribution in [0.25, 0.3) is 17.0 Å². The SMILES string of the molecule is CC1(C)C=Cc2c(ccc3c4c([nH]c23)C(C)(C)C2CC35CCCN3C(=O)C2(NC5=O)C4O)O1. The van der Waals surface area contributed by atoms with Crippen LogP contribution in [0.15, 0.2) is 18.2 Å². The molecule has 2 spiro atoms. The van der Waals surface area contributed by atoms with Crippen molar-refractivity contribution in [2.24, 2.45) is 5.92 Å². The van der Waals surface area contributed by atoms with Crippen molar-refractivity contribution in [1.82, 2.24) is 15.2 Å². The molecule has 6 heterocycles. The van der Waals surface area contributed by atoms with Gasteiger partial charge in [-0.15, -0.1) is 0 Å². The number of carbonyl (C=O) groups is 2. The fourth-order valence-corrected chi connectivity index (χ4v) is 7.57. The van der Waals surface area contributed by atoms with Gasteiger partial charge in [0.05, 0.1) is 5.52 Å². The Labute approximate surface area is 192 Å². The average molecular weight is 448 g/mol. The first kappa shape index (κ1) is 19.6. The van der Waals surface area contributed by atoms with E-state index in [1.807, 2.05) is 32.1 Å². The fraction of sp³-hybridized carbons (Fsp3) is 0.538. The maximum Gasteiger partial charge on any atom is 0.252 e. The molecular formula is C26H29N3O4. The molecule has 6 aliphatic rings. The zero-order valence-corrected chi connectivity index (χ0v) is 19.4. The Morgan fingerprint density at radius 1 is 1.18 bits per heavy atom. The van der Waals surface area contributed by atoms with E-state index >= 15 is 0 Å². The van der Waals surface area contributed by atoms with E-state index in [1.165, 1.54) is 0 Å². The molecule has 2 aromatic rings. The third-order valence-corrected chi connectivity index (χ3v) is 9.18. The standard InChI is InChI=1S/C26H29N3O4/c1-23(2)10-8-13-15(33-23)7-6-14-17-19(27-18(13)14)24(3,4)16-12-25-9-5-11-29(25)22(32)26(16,20(17)30)28-21(25)31/h6-8,10,16,20,27,30H,5,9,11-12H2,1-4H3,(H,28,31). The van der Waals surface area contributed by atoms with Gasteiger partial charge in [0, 0.05) is 40.1 Å². The number of aromatic amines is 1. The van der Waals surface area contributed by atoms with Gasteiger partial charge in [-0.1, -0.05) is 13.8 Å². The number of fused-ring (bicyclic) bond motifs is 6. The molecule has 4 saturated heterocycles. The Balaban J connectivity index is 1.50. The number of H-pyrrole nitrogens is 1. The second kappa shape index (κ2) is 5.46. The lowest BCUT2D eigenvalue weighted by molar-refractivity contribution is -0.191. The lowest BCUT2D eigenvalue weighted by atomic mass is 9.50.